The van der Waals surface area contributed by atoms with Gasteiger partial charge in [0.05, 0.1) is 6.42 Å². The first-order valence-electron chi connectivity index (χ1n) is 5.18. The van der Waals surface area contributed by atoms with Crippen LogP contribution in [-0.2, 0) is 9.59 Å². The van der Waals surface area contributed by atoms with Gasteiger partial charge in [-0.1, -0.05) is 29.8 Å². The molecule has 1 aromatic rings. The number of ketones is 2. The molecule has 0 aliphatic rings. The maximum absolute atomic E-state index is 11.6. The van der Waals surface area contributed by atoms with Crippen molar-refractivity contribution in [2.75, 3.05) is 0 Å². The van der Waals surface area contributed by atoms with Crippen LogP contribution in [0.25, 0.3) is 0 Å². The van der Waals surface area contributed by atoms with Gasteiger partial charge in [0.15, 0.2) is 5.78 Å². The normalized spacial score (nSPS) is 9.81. The third-order valence-electron chi connectivity index (χ3n) is 2.27. The summed E-state index contributed by atoms with van der Waals surface area (Å²) in [5.41, 5.74) is 1.62. The van der Waals surface area contributed by atoms with E-state index in [-0.39, 0.29) is 30.8 Å². The van der Waals surface area contributed by atoms with Crippen LogP contribution in [0.2, 0.25) is 0 Å². The van der Waals surface area contributed by atoms with Crippen molar-refractivity contribution in [3.63, 3.8) is 0 Å². The number of aryl methyl sites for hydroxylation is 1. The highest BCUT2D eigenvalue weighted by Crippen LogP contribution is 2.07. The predicted molar refractivity (Wildman–Crippen MR) is 60.4 cm³/mol. The molecule has 0 saturated heterocycles. The van der Waals surface area contributed by atoms with E-state index in [9.17, 15) is 14.4 Å². The first-order valence-corrected chi connectivity index (χ1v) is 5.18. The minimum Gasteiger partial charge on any atom is -0.303 e. The number of carbonyl (C=O) groups is 3. The molecule has 3 nitrogen and oxygen atoms in total. The number of aldehydes is 1. The lowest BCUT2D eigenvalue weighted by atomic mass is 10.0. The third kappa shape index (κ3) is 3.77. The Hall–Kier alpha value is -1.77. The van der Waals surface area contributed by atoms with Gasteiger partial charge in [0.1, 0.15) is 12.1 Å². The molecule has 0 aromatic heterocycles. The summed E-state index contributed by atoms with van der Waals surface area (Å²) in [6.07, 6.45) is 0.923. The summed E-state index contributed by atoms with van der Waals surface area (Å²) in [5, 5.41) is 0. The van der Waals surface area contributed by atoms with Crippen molar-refractivity contribution < 1.29 is 14.4 Å². The molecule has 0 aliphatic carbocycles. The van der Waals surface area contributed by atoms with Crippen molar-refractivity contribution in [3.8, 4) is 0 Å². The molecule has 0 fully saturated rings. The fraction of sp³-hybridized carbons (Fsp3) is 0.308. The Kier molecular flexibility index (Phi) is 4.58. The lowest BCUT2D eigenvalue weighted by Gasteiger charge is -2.00. The Labute approximate surface area is 94.5 Å². The van der Waals surface area contributed by atoms with Gasteiger partial charge in [-0.05, 0) is 6.92 Å². The van der Waals surface area contributed by atoms with Crippen molar-refractivity contribution in [3.05, 3.63) is 35.4 Å². The summed E-state index contributed by atoms with van der Waals surface area (Å²) in [4.78, 5) is 33.0. The first-order chi connectivity index (χ1) is 7.63. The summed E-state index contributed by atoms with van der Waals surface area (Å²) in [7, 11) is 0. The standard InChI is InChI=1S/C13H14O3/c1-10-4-6-11(7-5-10)13(16)9-12(15)3-2-8-14/h4-8H,2-3,9H2,1H3. The van der Waals surface area contributed by atoms with Gasteiger partial charge in [0.2, 0.25) is 0 Å². The first kappa shape index (κ1) is 12.3. The van der Waals surface area contributed by atoms with E-state index >= 15 is 0 Å². The number of hydrogen-bond acceptors (Lipinski definition) is 3. The number of hydrogen-bond donors (Lipinski definition) is 0. The fourth-order valence-electron chi connectivity index (χ4n) is 1.33. The highest BCUT2D eigenvalue weighted by Gasteiger charge is 2.10. The van der Waals surface area contributed by atoms with E-state index in [1.807, 2.05) is 19.1 Å². The average molecular weight is 218 g/mol. The quantitative estimate of drug-likeness (QED) is 0.417. The maximum Gasteiger partial charge on any atom is 0.170 e. The van der Waals surface area contributed by atoms with Crippen molar-refractivity contribution >= 4 is 17.9 Å². The molecule has 1 rings (SSSR count). The van der Waals surface area contributed by atoms with Crippen LogP contribution in [0.1, 0.15) is 35.2 Å². The highest BCUT2D eigenvalue weighted by atomic mass is 16.1. The van der Waals surface area contributed by atoms with Gasteiger partial charge in [-0.2, -0.15) is 0 Å². The molecule has 1 aromatic carbocycles. The lowest BCUT2D eigenvalue weighted by Crippen LogP contribution is -2.08. The van der Waals surface area contributed by atoms with Gasteiger partial charge in [0, 0.05) is 18.4 Å². The Morgan fingerprint density at radius 1 is 1.19 bits per heavy atom. The number of rotatable bonds is 6. The topological polar surface area (TPSA) is 51.2 Å². The van der Waals surface area contributed by atoms with Crippen LogP contribution in [0, 0.1) is 6.92 Å². The van der Waals surface area contributed by atoms with E-state index in [1.54, 1.807) is 12.1 Å². The highest BCUT2D eigenvalue weighted by molar-refractivity contribution is 6.08. The second-order valence-electron chi connectivity index (χ2n) is 3.71. The Bertz CT molecular complexity index is 390. The van der Waals surface area contributed by atoms with Crippen molar-refractivity contribution in [2.45, 2.75) is 26.2 Å². The zero-order valence-electron chi connectivity index (χ0n) is 9.23. The third-order valence-corrected chi connectivity index (χ3v) is 2.27. The van der Waals surface area contributed by atoms with E-state index in [1.165, 1.54) is 0 Å². The van der Waals surface area contributed by atoms with Gasteiger partial charge in [-0.3, -0.25) is 9.59 Å². The lowest BCUT2D eigenvalue weighted by molar-refractivity contribution is -0.120. The molecular weight excluding hydrogens is 204 g/mol. The Morgan fingerprint density at radius 2 is 1.81 bits per heavy atom. The molecule has 0 unspecified atom stereocenters. The molecule has 0 heterocycles. The molecule has 0 amide bonds. The molecule has 16 heavy (non-hydrogen) atoms. The van der Waals surface area contributed by atoms with Crippen LogP contribution in [0.5, 0.6) is 0 Å². The van der Waals surface area contributed by atoms with Gasteiger partial charge in [-0.15, -0.1) is 0 Å². The minimum atomic E-state index is -0.184. The van der Waals surface area contributed by atoms with Crippen molar-refractivity contribution in [1.29, 1.82) is 0 Å². The molecule has 0 aliphatic heterocycles. The SMILES string of the molecule is Cc1ccc(C(=O)CC(=O)CCC=O)cc1. The van der Waals surface area contributed by atoms with Crippen LogP contribution < -0.4 is 0 Å². The monoisotopic (exact) mass is 218 g/mol. The van der Waals surface area contributed by atoms with Gasteiger partial charge >= 0.3 is 0 Å². The van der Waals surface area contributed by atoms with E-state index in [0.717, 1.165) is 5.56 Å². The zero-order chi connectivity index (χ0) is 12.0. The maximum atomic E-state index is 11.6. The second kappa shape index (κ2) is 5.95. The molecule has 0 radical (unpaired) electrons. The largest absolute Gasteiger partial charge is 0.303 e. The number of Topliss-reactive ketones (excluding diaryl/α,β-unsaturated/α-hetero) is 2. The fourth-order valence-corrected chi connectivity index (χ4v) is 1.33. The molecule has 3 heteroatoms. The average Bonchev–Trinajstić information content (AvgIpc) is 2.27. The van der Waals surface area contributed by atoms with Crippen LogP contribution in [-0.4, -0.2) is 17.9 Å². The Balaban J connectivity index is 2.55. The van der Waals surface area contributed by atoms with E-state index in [4.69, 9.17) is 0 Å². The summed E-state index contributed by atoms with van der Waals surface area (Å²) in [5.74, 6) is -0.367. The smallest absolute Gasteiger partial charge is 0.170 e. The predicted octanol–water partition coefficient (Wildman–Crippen LogP) is 2.12. The molecule has 0 bridgehead atoms. The molecule has 0 atom stereocenters. The summed E-state index contributed by atoms with van der Waals surface area (Å²) in [6.45, 7) is 1.93. The summed E-state index contributed by atoms with van der Waals surface area (Å²) < 4.78 is 0. The molecule has 0 N–H and O–H groups in total. The minimum absolute atomic E-state index is 0.114. The zero-order valence-corrected chi connectivity index (χ0v) is 9.23. The van der Waals surface area contributed by atoms with Gasteiger partial charge in [-0.25, -0.2) is 0 Å². The van der Waals surface area contributed by atoms with Gasteiger partial charge < -0.3 is 4.79 Å². The second-order valence-corrected chi connectivity index (χ2v) is 3.71. The van der Waals surface area contributed by atoms with E-state index in [2.05, 4.69) is 0 Å². The van der Waals surface area contributed by atoms with Crippen molar-refractivity contribution in [2.24, 2.45) is 0 Å². The molecular formula is C13H14O3. The number of carbonyl (C=O) groups excluding carboxylic acids is 3. The van der Waals surface area contributed by atoms with Crippen LogP contribution >= 0.6 is 0 Å². The molecule has 0 saturated carbocycles. The molecule has 0 spiro atoms. The number of benzene rings is 1. The van der Waals surface area contributed by atoms with Crippen LogP contribution in [0.4, 0.5) is 0 Å². The van der Waals surface area contributed by atoms with Crippen LogP contribution in [0.15, 0.2) is 24.3 Å². The van der Waals surface area contributed by atoms with E-state index in [0.29, 0.717) is 11.8 Å². The van der Waals surface area contributed by atoms with Crippen molar-refractivity contribution in [1.82, 2.24) is 0 Å². The summed E-state index contributed by atoms with van der Waals surface area (Å²) >= 11 is 0. The molecule has 84 valence electrons. The van der Waals surface area contributed by atoms with Gasteiger partial charge in [0.25, 0.3) is 0 Å². The Morgan fingerprint density at radius 3 is 2.38 bits per heavy atom. The van der Waals surface area contributed by atoms with Crippen LogP contribution in [0.3, 0.4) is 0 Å². The summed E-state index contributed by atoms with van der Waals surface area (Å²) in [6, 6.07) is 7.10. The van der Waals surface area contributed by atoms with E-state index < -0.39 is 0 Å².